The third-order valence-electron chi connectivity index (χ3n) is 6.37. The Bertz CT molecular complexity index is 1100. The molecule has 8 heteroatoms. The maximum atomic E-state index is 14.1. The van der Waals surface area contributed by atoms with E-state index in [1.54, 1.807) is 32.9 Å². The lowest BCUT2D eigenvalue weighted by Gasteiger charge is -2.36. The summed E-state index contributed by atoms with van der Waals surface area (Å²) in [5, 5.41) is 16.0. The number of carbonyl (C=O) groups excluding carboxylic acids is 3. The zero-order chi connectivity index (χ0) is 28.6. The first-order valence-electron chi connectivity index (χ1n) is 13.2. The molecule has 0 saturated heterocycles. The number of benzene rings is 2. The molecular weight excluding hydrogens is 482 g/mol. The Morgan fingerprint density at radius 1 is 1.03 bits per heavy atom. The van der Waals surface area contributed by atoms with Crippen molar-refractivity contribution in [1.29, 1.82) is 0 Å². The van der Waals surface area contributed by atoms with Crippen LogP contribution in [0, 0.1) is 19.8 Å². The molecule has 208 valence electrons. The van der Waals surface area contributed by atoms with Gasteiger partial charge in [-0.1, -0.05) is 57.5 Å². The number of nitrogens with one attached hydrogen (secondary N) is 2. The zero-order valence-electron chi connectivity index (χ0n) is 23.9. The second-order valence-electron chi connectivity index (χ2n) is 10.8. The molecule has 0 fully saturated rings. The molecule has 0 aliphatic rings. The van der Waals surface area contributed by atoms with E-state index < -0.39 is 35.6 Å². The lowest BCUT2D eigenvalue weighted by atomic mass is 9.95. The standard InChI is InChI=1S/C30H43N3O5/c1-9-17-33(28(36)25(19(3)10-2)32-29(37)38-30(6,7)8)26(22-15-12-16-23(34)18-22)27(35)31-24-20(4)13-11-14-21(24)5/h11-16,18-19,25-26,34H,9-10,17H2,1-8H3,(H,31,35)(H,32,37). The van der Waals surface area contributed by atoms with E-state index in [9.17, 15) is 19.5 Å². The second kappa shape index (κ2) is 13.3. The number of nitrogens with zero attached hydrogens (tertiary/aromatic N) is 1. The fraction of sp³-hybridized carbons (Fsp3) is 0.500. The van der Waals surface area contributed by atoms with E-state index in [1.807, 2.05) is 52.8 Å². The Morgan fingerprint density at radius 3 is 2.16 bits per heavy atom. The summed E-state index contributed by atoms with van der Waals surface area (Å²) in [4.78, 5) is 42.2. The monoisotopic (exact) mass is 525 g/mol. The van der Waals surface area contributed by atoms with Gasteiger partial charge in [-0.2, -0.15) is 0 Å². The van der Waals surface area contributed by atoms with Gasteiger partial charge >= 0.3 is 6.09 Å². The predicted octanol–water partition coefficient (Wildman–Crippen LogP) is 5.87. The number of aryl methyl sites for hydroxylation is 2. The Balaban J connectivity index is 2.56. The van der Waals surface area contributed by atoms with Crippen LogP contribution in [0.5, 0.6) is 5.75 Å². The van der Waals surface area contributed by atoms with E-state index in [0.29, 0.717) is 24.1 Å². The number of aromatic hydroxyl groups is 1. The van der Waals surface area contributed by atoms with Crippen molar-refractivity contribution in [3.63, 3.8) is 0 Å². The summed E-state index contributed by atoms with van der Waals surface area (Å²) >= 11 is 0. The van der Waals surface area contributed by atoms with Crippen LogP contribution in [0.3, 0.4) is 0 Å². The molecule has 0 aliphatic carbocycles. The van der Waals surface area contributed by atoms with Crippen LogP contribution >= 0.6 is 0 Å². The largest absolute Gasteiger partial charge is 0.508 e. The van der Waals surface area contributed by atoms with E-state index in [0.717, 1.165) is 11.1 Å². The van der Waals surface area contributed by atoms with Crippen LogP contribution in [0.15, 0.2) is 42.5 Å². The van der Waals surface area contributed by atoms with E-state index in [-0.39, 0.29) is 18.2 Å². The molecule has 3 atom stereocenters. The van der Waals surface area contributed by atoms with Crippen LogP contribution in [-0.2, 0) is 14.3 Å². The third kappa shape index (κ3) is 8.23. The minimum atomic E-state index is -1.04. The Morgan fingerprint density at radius 2 is 1.63 bits per heavy atom. The molecule has 0 bridgehead atoms. The van der Waals surface area contributed by atoms with Crippen molar-refractivity contribution < 1.29 is 24.2 Å². The average molecular weight is 526 g/mol. The van der Waals surface area contributed by atoms with Gasteiger partial charge in [-0.25, -0.2) is 4.79 Å². The molecule has 3 amide bonds. The Hall–Kier alpha value is -3.55. The molecule has 8 nitrogen and oxygen atoms in total. The van der Waals surface area contributed by atoms with Crippen LogP contribution < -0.4 is 10.6 Å². The van der Waals surface area contributed by atoms with Crippen LogP contribution in [0.4, 0.5) is 10.5 Å². The average Bonchev–Trinajstić information content (AvgIpc) is 2.82. The molecule has 2 aromatic carbocycles. The maximum absolute atomic E-state index is 14.1. The number of hydrogen-bond acceptors (Lipinski definition) is 5. The molecule has 3 N–H and O–H groups in total. The first-order chi connectivity index (χ1) is 17.8. The summed E-state index contributed by atoms with van der Waals surface area (Å²) in [5.41, 5.74) is 2.20. The van der Waals surface area contributed by atoms with Gasteiger partial charge in [0.15, 0.2) is 0 Å². The summed E-state index contributed by atoms with van der Waals surface area (Å²) in [6.07, 6.45) is 0.510. The molecule has 2 rings (SSSR count). The van der Waals surface area contributed by atoms with Crippen molar-refractivity contribution in [3.05, 3.63) is 59.2 Å². The van der Waals surface area contributed by atoms with E-state index >= 15 is 0 Å². The number of ether oxygens (including phenoxy) is 1. The number of phenolic OH excluding ortho intramolecular Hbond substituents is 1. The molecule has 0 spiro atoms. The highest BCUT2D eigenvalue weighted by Crippen LogP contribution is 2.29. The van der Waals surface area contributed by atoms with Gasteiger partial charge in [0.25, 0.3) is 5.91 Å². The minimum Gasteiger partial charge on any atom is -0.508 e. The molecule has 0 aromatic heterocycles. The Labute approximate surface area is 226 Å². The summed E-state index contributed by atoms with van der Waals surface area (Å²) in [7, 11) is 0. The SMILES string of the molecule is CCCN(C(=O)C(NC(=O)OC(C)(C)C)C(C)CC)C(C(=O)Nc1c(C)cccc1C)c1cccc(O)c1. The number of phenols is 1. The highest BCUT2D eigenvalue weighted by atomic mass is 16.6. The van der Waals surface area contributed by atoms with Gasteiger partial charge in [0.1, 0.15) is 23.4 Å². The maximum Gasteiger partial charge on any atom is 0.408 e. The Kier molecular flexibility index (Phi) is 10.7. The summed E-state index contributed by atoms with van der Waals surface area (Å²) < 4.78 is 5.43. The number of carbonyl (C=O) groups is 3. The van der Waals surface area contributed by atoms with Gasteiger partial charge in [-0.3, -0.25) is 9.59 Å². The quantitative estimate of drug-likeness (QED) is 0.360. The highest BCUT2D eigenvalue weighted by Gasteiger charge is 2.38. The first kappa shape index (κ1) is 30.7. The number of rotatable bonds is 10. The fourth-order valence-electron chi connectivity index (χ4n) is 4.27. The molecule has 38 heavy (non-hydrogen) atoms. The smallest absolute Gasteiger partial charge is 0.408 e. The lowest BCUT2D eigenvalue weighted by Crippen LogP contribution is -2.54. The van der Waals surface area contributed by atoms with Crippen molar-refractivity contribution in [1.82, 2.24) is 10.2 Å². The molecule has 2 aromatic rings. The number of para-hydroxylation sites is 1. The summed E-state index contributed by atoms with van der Waals surface area (Å²) in [6, 6.07) is 10.1. The molecule has 0 aliphatic heterocycles. The zero-order valence-corrected chi connectivity index (χ0v) is 23.9. The molecule has 0 saturated carbocycles. The predicted molar refractivity (Wildman–Crippen MR) is 150 cm³/mol. The number of amides is 3. The van der Waals surface area contributed by atoms with Crippen LogP contribution in [0.25, 0.3) is 0 Å². The molecular formula is C30H43N3O5. The second-order valence-corrected chi connectivity index (χ2v) is 10.8. The van der Waals surface area contributed by atoms with Crippen molar-refractivity contribution in [2.45, 2.75) is 85.9 Å². The van der Waals surface area contributed by atoms with Crippen LogP contribution in [-0.4, -0.2) is 46.1 Å². The van der Waals surface area contributed by atoms with Gasteiger partial charge in [0.05, 0.1) is 0 Å². The lowest BCUT2D eigenvalue weighted by molar-refractivity contribution is -0.141. The van der Waals surface area contributed by atoms with Gasteiger partial charge in [0.2, 0.25) is 5.91 Å². The van der Waals surface area contributed by atoms with Gasteiger partial charge < -0.3 is 25.4 Å². The van der Waals surface area contributed by atoms with E-state index in [4.69, 9.17) is 4.74 Å². The highest BCUT2D eigenvalue weighted by molar-refractivity contribution is 6.00. The number of anilines is 1. The minimum absolute atomic E-state index is 0.0124. The summed E-state index contributed by atoms with van der Waals surface area (Å²) in [5.74, 6) is -1.03. The molecule has 3 unspecified atom stereocenters. The van der Waals surface area contributed by atoms with Gasteiger partial charge in [-0.15, -0.1) is 0 Å². The fourth-order valence-corrected chi connectivity index (χ4v) is 4.27. The van der Waals surface area contributed by atoms with Crippen molar-refractivity contribution in [3.8, 4) is 5.75 Å². The van der Waals surface area contributed by atoms with E-state index in [1.165, 1.54) is 17.0 Å². The third-order valence-corrected chi connectivity index (χ3v) is 6.37. The first-order valence-corrected chi connectivity index (χ1v) is 13.2. The van der Waals surface area contributed by atoms with Crippen LogP contribution in [0.2, 0.25) is 0 Å². The van der Waals surface area contributed by atoms with Crippen LogP contribution in [0.1, 0.15) is 77.1 Å². The van der Waals surface area contributed by atoms with E-state index in [2.05, 4.69) is 10.6 Å². The van der Waals surface area contributed by atoms with Crippen molar-refractivity contribution >= 4 is 23.6 Å². The number of alkyl carbamates (subject to hydrolysis) is 1. The van der Waals surface area contributed by atoms with Gasteiger partial charge in [0, 0.05) is 12.2 Å². The molecule has 0 heterocycles. The molecule has 0 radical (unpaired) electrons. The van der Waals surface area contributed by atoms with Crippen molar-refractivity contribution in [2.24, 2.45) is 5.92 Å². The number of hydrogen-bond donors (Lipinski definition) is 3. The topological polar surface area (TPSA) is 108 Å². The van der Waals surface area contributed by atoms with Gasteiger partial charge in [-0.05, 0) is 75.8 Å². The summed E-state index contributed by atoms with van der Waals surface area (Å²) in [6.45, 7) is 15.1. The van der Waals surface area contributed by atoms with Crippen molar-refractivity contribution in [2.75, 3.05) is 11.9 Å². The normalized spacial score (nSPS) is 13.7.